The van der Waals surface area contributed by atoms with Crippen molar-refractivity contribution >= 4 is 17.1 Å². The molecular weight excluding hydrogens is 378 g/mol. The fraction of sp³-hybridized carbons (Fsp3) is 0.250. The lowest BCUT2D eigenvalue weighted by Gasteiger charge is -2.09. The summed E-state index contributed by atoms with van der Waals surface area (Å²) in [4.78, 5) is 26.1. The second-order valence-corrected chi connectivity index (χ2v) is 7.53. The Kier molecular flexibility index (Phi) is 4.87. The van der Waals surface area contributed by atoms with Gasteiger partial charge < -0.3 is 13.4 Å². The number of ketones is 1. The van der Waals surface area contributed by atoms with E-state index in [2.05, 4.69) is 21.1 Å². The average molecular weight is 397 g/mol. The predicted molar refractivity (Wildman–Crippen MR) is 105 cm³/mol. The molecule has 0 N–H and O–H groups in total. The first-order chi connectivity index (χ1) is 13.5. The van der Waals surface area contributed by atoms with E-state index in [0.717, 1.165) is 29.0 Å². The molecular formula is C20H19N3O4S. The summed E-state index contributed by atoms with van der Waals surface area (Å²) < 4.78 is 13.4. The van der Waals surface area contributed by atoms with Crippen LogP contribution in [0.5, 0.6) is 0 Å². The highest BCUT2D eigenvalue weighted by Gasteiger charge is 2.19. The molecule has 7 nitrogen and oxygen atoms in total. The van der Waals surface area contributed by atoms with Crippen LogP contribution in [0.1, 0.15) is 26.6 Å². The van der Waals surface area contributed by atoms with Crippen molar-refractivity contribution in [2.45, 2.75) is 33.4 Å². The number of aromatic nitrogens is 3. The predicted octanol–water partition coefficient (Wildman–Crippen LogP) is 3.70. The van der Waals surface area contributed by atoms with Gasteiger partial charge in [0.25, 0.3) is 5.89 Å². The summed E-state index contributed by atoms with van der Waals surface area (Å²) in [6, 6.07) is 9.32. The summed E-state index contributed by atoms with van der Waals surface area (Å²) in [5.74, 6) is -0.470. The first-order valence-electron chi connectivity index (χ1n) is 8.87. The van der Waals surface area contributed by atoms with Crippen LogP contribution in [-0.2, 0) is 19.5 Å². The van der Waals surface area contributed by atoms with Crippen LogP contribution in [0, 0.1) is 13.8 Å². The SMILES string of the molecule is Cc1cc(C(=O)Cn2nc(-c3ccco3)oc2=O)c(C)n1CCc1cccs1. The van der Waals surface area contributed by atoms with Gasteiger partial charge in [-0.1, -0.05) is 6.07 Å². The van der Waals surface area contributed by atoms with Crippen LogP contribution in [0.3, 0.4) is 0 Å². The minimum Gasteiger partial charge on any atom is -0.459 e. The summed E-state index contributed by atoms with van der Waals surface area (Å²) in [5.41, 5.74) is 2.50. The molecule has 0 saturated carbocycles. The van der Waals surface area contributed by atoms with E-state index >= 15 is 0 Å². The smallest absolute Gasteiger partial charge is 0.437 e. The normalized spacial score (nSPS) is 11.2. The van der Waals surface area contributed by atoms with Crippen LogP contribution in [0.4, 0.5) is 0 Å². The van der Waals surface area contributed by atoms with Crippen LogP contribution >= 0.6 is 11.3 Å². The number of hydrogen-bond donors (Lipinski definition) is 0. The Hall–Kier alpha value is -3.13. The van der Waals surface area contributed by atoms with Crippen molar-refractivity contribution in [1.29, 1.82) is 0 Å². The highest BCUT2D eigenvalue weighted by molar-refractivity contribution is 7.09. The summed E-state index contributed by atoms with van der Waals surface area (Å²) in [6.07, 6.45) is 2.38. The van der Waals surface area contributed by atoms with E-state index in [9.17, 15) is 9.59 Å². The van der Waals surface area contributed by atoms with Gasteiger partial charge in [-0.25, -0.2) is 4.79 Å². The number of Topliss-reactive ketones (excluding diaryl/α,β-unsaturated/α-hetero) is 1. The zero-order chi connectivity index (χ0) is 19.7. The number of furan rings is 1. The monoisotopic (exact) mass is 397 g/mol. The first-order valence-corrected chi connectivity index (χ1v) is 9.75. The third-order valence-electron chi connectivity index (χ3n) is 4.67. The Balaban J connectivity index is 1.52. The molecule has 8 heteroatoms. The van der Waals surface area contributed by atoms with E-state index in [0.29, 0.717) is 11.3 Å². The van der Waals surface area contributed by atoms with Crippen LogP contribution < -0.4 is 5.76 Å². The van der Waals surface area contributed by atoms with E-state index in [1.807, 2.05) is 26.0 Å². The Morgan fingerprint density at radius 2 is 2.11 bits per heavy atom. The third kappa shape index (κ3) is 3.50. The standard InChI is InChI=1S/C20H19N3O4S/c1-13-11-16(14(2)22(13)8-7-15-5-4-10-28-15)17(24)12-23-20(25)27-19(21-23)18-6-3-9-26-18/h3-6,9-11H,7-8,12H2,1-2H3. The van der Waals surface area contributed by atoms with Crippen LogP contribution in [0.2, 0.25) is 0 Å². The van der Waals surface area contributed by atoms with Gasteiger partial charge in [0, 0.05) is 28.4 Å². The molecule has 0 aliphatic heterocycles. The van der Waals surface area contributed by atoms with Crippen molar-refractivity contribution in [3.05, 3.63) is 74.4 Å². The lowest BCUT2D eigenvalue weighted by Crippen LogP contribution is -2.22. The maximum absolute atomic E-state index is 12.8. The highest BCUT2D eigenvalue weighted by Crippen LogP contribution is 2.19. The van der Waals surface area contributed by atoms with E-state index in [1.54, 1.807) is 23.5 Å². The lowest BCUT2D eigenvalue weighted by molar-refractivity contribution is 0.0964. The molecule has 0 spiro atoms. The number of carbonyl (C=O) groups excluding carboxylic acids is 1. The quantitative estimate of drug-likeness (QED) is 0.444. The minimum absolute atomic E-state index is 0.0595. The van der Waals surface area contributed by atoms with Gasteiger partial charge in [-0.05, 0) is 49.9 Å². The van der Waals surface area contributed by atoms with E-state index in [-0.39, 0.29) is 18.2 Å². The van der Waals surface area contributed by atoms with Gasteiger partial charge in [0.2, 0.25) is 0 Å². The van der Waals surface area contributed by atoms with Crippen molar-refractivity contribution in [1.82, 2.24) is 14.3 Å². The number of aryl methyl sites for hydroxylation is 2. The van der Waals surface area contributed by atoms with Gasteiger partial charge in [0.15, 0.2) is 11.5 Å². The molecule has 4 aromatic rings. The van der Waals surface area contributed by atoms with Gasteiger partial charge in [0.05, 0.1) is 6.26 Å². The molecule has 0 atom stereocenters. The van der Waals surface area contributed by atoms with Crippen molar-refractivity contribution in [2.75, 3.05) is 0 Å². The Morgan fingerprint density at radius 3 is 2.82 bits per heavy atom. The minimum atomic E-state index is -0.689. The van der Waals surface area contributed by atoms with Crippen molar-refractivity contribution in [3.8, 4) is 11.7 Å². The summed E-state index contributed by atoms with van der Waals surface area (Å²) >= 11 is 1.73. The second-order valence-electron chi connectivity index (χ2n) is 6.50. The van der Waals surface area contributed by atoms with Gasteiger partial charge in [-0.2, -0.15) is 4.68 Å². The first kappa shape index (κ1) is 18.2. The molecule has 0 aliphatic rings. The van der Waals surface area contributed by atoms with Crippen LogP contribution in [0.25, 0.3) is 11.7 Å². The molecule has 0 amide bonds. The molecule has 0 unspecified atom stereocenters. The third-order valence-corrected chi connectivity index (χ3v) is 5.60. The Bertz CT molecular complexity index is 1150. The van der Waals surface area contributed by atoms with Gasteiger partial charge in [-0.3, -0.25) is 4.79 Å². The van der Waals surface area contributed by atoms with Gasteiger partial charge in [-0.15, -0.1) is 16.4 Å². The lowest BCUT2D eigenvalue weighted by atomic mass is 10.1. The van der Waals surface area contributed by atoms with Crippen LogP contribution in [-0.4, -0.2) is 20.1 Å². The number of rotatable bonds is 7. The van der Waals surface area contributed by atoms with Gasteiger partial charge in [0.1, 0.15) is 6.54 Å². The Labute approximate surface area is 164 Å². The molecule has 0 radical (unpaired) electrons. The zero-order valence-corrected chi connectivity index (χ0v) is 16.4. The average Bonchev–Trinajstić information content (AvgIpc) is 3.44. The Morgan fingerprint density at radius 1 is 1.25 bits per heavy atom. The van der Waals surface area contributed by atoms with E-state index in [1.165, 1.54) is 11.1 Å². The number of hydrogen-bond acceptors (Lipinski definition) is 6. The number of nitrogens with zero attached hydrogens (tertiary/aromatic N) is 3. The second kappa shape index (κ2) is 7.47. The molecule has 4 heterocycles. The molecule has 0 bridgehead atoms. The summed E-state index contributed by atoms with van der Waals surface area (Å²) in [7, 11) is 0. The van der Waals surface area contributed by atoms with E-state index < -0.39 is 5.76 Å². The van der Waals surface area contributed by atoms with Crippen molar-refractivity contribution < 1.29 is 13.6 Å². The topological polar surface area (TPSA) is 83.2 Å². The molecule has 28 heavy (non-hydrogen) atoms. The fourth-order valence-corrected chi connectivity index (χ4v) is 3.93. The molecule has 144 valence electrons. The van der Waals surface area contributed by atoms with E-state index in [4.69, 9.17) is 8.83 Å². The molecule has 0 fully saturated rings. The number of carbonyl (C=O) groups is 1. The zero-order valence-electron chi connectivity index (χ0n) is 15.5. The van der Waals surface area contributed by atoms with Crippen molar-refractivity contribution in [3.63, 3.8) is 0 Å². The molecule has 0 saturated heterocycles. The summed E-state index contributed by atoms with van der Waals surface area (Å²) in [6.45, 7) is 4.53. The molecule has 4 aromatic heterocycles. The number of thiophene rings is 1. The molecule has 4 rings (SSSR count). The highest BCUT2D eigenvalue weighted by atomic mass is 32.1. The molecule has 0 aliphatic carbocycles. The summed E-state index contributed by atoms with van der Waals surface area (Å²) in [5, 5.41) is 6.13. The fourth-order valence-electron chi connectivity index (χ4n) is 3.23. The molecule has 0 aromatic carbocycles. The van der Waals surface area contributed by atoms with Gasteiger partial charge >= 0.3 is 5.76 Å². The maximum Gasteiger partial charge on any atom is 0.437 e. The maximum atomic E-state index is 12.8. The van der Waals surface area contributed by atoms with Crippen molar-refractivity contribution in [2.24, 2.45) is 0 Å². The largest absolute Gasteiger partial charge is 0.459 e. The van der Waals surface area contributed by atoms with Crippen LogP contribution in [0.15, 0.2) is 55.6 Å².